The SMILES string of the molecule is C[C@@H]1C(=O)Nc2ccc(S(=O)(=O)N(C)CC(=O)N(C)C)cc21. The fraction of sp³-hybridized carbons (Fsp3) is 0.429. The average molecular weight is 325 g/mol. The minimum Gasteiger partial charge on any atom is -0.348 e. The molecule has 8 heteroatoms. The minimum atomic E-state index is -3.78. The molecule has 1 aliphatic heterocycles. The van der Waals surface area contributed by atoms with E-state index in [2.05, 4.69) is 5.32 Å². The Morgan fingerprint density at radius 2 is 1.91 bits per heavy atom. The largest absolute Gasteiger partial charge is 0.348 e. The quantitative estimate of drug-likeness (QED) is 0.871. The average Bonchev–Trinajstić information content (AvgIpc) is 2.73. The van der Waals surface area contributed by atoms with Crippen LogP contribution in [-0.2, 0) is 19.6 Å². The molecular weight excluding hydrogens is 306 g/mol. The molecule has 22 heavy (non-hydrogen) atoms. The highest BCUT2D eigenvalue weighted by Crippen LogP contribution is 2.34. The van der Waals surface area contributed by atoms with Crippen molar-refractivity contribution < 1.29 is 18.0 Å². The van der Waals surface area contributed by atoms with E-state index in [9.17, 15) is 18.0 Å². The lowest BCUT2D eigenvalue weighted by atomic mass is 10.0. The number of rotatable bonds is 4. The van der Waals surface area contributed by atoms with E-state index in [0.29, 0.717) is 11.3 Å². The van der Waals surface area contributed by atoms with E-state index in [1.165, 1.54) is 24.1 Å². The van der Waals surface area contributed by atoms with E-state index in [4.69, 9.17) is 0 Å². The van der Waals surface area contributed by atoms with Crippen LogP contribution in [0, 0.1) is 0 Å². The second-order valence-corrected chi connectivity index (χ2v) is 7.55. The Hall–Kier alpha value is -1.93. The van der Waals surface area contributed by atoms with E-state index < -0.39 is 10.0 Å². The molecule has 0 saturated heterocycles. The summed E-state index contributed by atoms with van der Waals surface area (Å²) in [6.07, 6.45) is 0. The first-order chi connectivity index (χ1) is 10.1. The van der Waals surface area contributed by atoms with E-state index in [1.54, 1.807) is 27.1 Å². The summed E-state index contributed by atoms with van der Waals surface area (Å²) >= 11 is 0. The standard InChI is InChI=1S/C14H19N3O4S/c1-9-11-7-10(5-6-12(11)15-14(9)19)22(20,21)17(4)8-13(18)16(2)3/h5-7,9H,8H2,1-4H3,(H,15,19)/t9-/m0/s1. The number of anilines is 1. The van der Waals surface area contributed by atoms with Crippen molar-refractivity contribution in [2.45, 2.75) is 17.7 Å². The van der Waals surface area contributed by atoms with Crippen molar-refractivity contribution in [3.05, 3.63) is 23.8 Å². The topological polar surface area (TPSA) is 86.8 Å². The molecule has 0 unspecified atom stereocenters. The summed E-state index contributed by atoms with van der Waals surface area (Å²) in [7, 11) is 0.708. The van der Waals surface area contributed by atoms with Crippen molar-refractivity contribution in [1.29, 1.82) is 0 Å². The number of nitrogens with zero attached hydrogens (tertiary/aromatic N) is 2. The van der Waals surface area contributed by atoms with Crippen LogP contribution in [0.15, 0.2) is 23.1 Å². The smallest absolute Gasteiger partial charge is 0.243 e. The first kappa shape index (κ1) is 16.4. The van der Waals surface area contributed by atoms with Crippen LogP contribution in [0.2, 0.25) is 0 Å². The number of carbonyl (C=O) groups is 2. The van der Waals surface area contributed by atoms with Crippen molar-refractivity contribution in [3.63, 3.8) is 0 Å². The molecule has 0 fully saturated rings. The van der Waals surface area contributed by atoms with Crippen molar-refractivity contribution in [3.8, 4) is 0 Å². The van der Waals surface area contributed by atoms with Gasteiger partial charge in [-0.2, -0.15) is 4.31 Å². The van der Waals surface area contributed by atoms with E-state index >= 15 is 0 Å². The molecule has 2 rings (SSSR count). The third kappa shape index (κ3) is 2.84. The van der Waals surface area contributed by atoms with E-state index in [-0.39, 0.29) is 29.2 Å². The van der Waals surface area contributed by atoms with Crippen molar-refractivity contribution >= 4 is 27.5 Å². The molecule has 1 heterocycles. The van der Waals surface area contributed by atoms with Crippen LogP contribution in [0.4, 0.5) is 5.69 Å². The number of fused-ring (bicyclic) bond motifs is 1. The summed E-state index contributed by atoms with van der Waals surface area (Å²) in [5, 5.41) is 2.69. The normalized spacial score (nSPS) is 17.3. The Morgan fingerprint density at radius 1 is 1.27 bits per heavy atom. The van der Waals surface area contributed by atoms with Gasteiger partial charge in [0.05, 0.1) is 17.4 Å². The number of likely N-dealkylation sites (N-methyl/N-ethyl adjacent to an activating group) is 2. The number of amides is 2. The predicted molar refractivity (Wildman–Crippen MR) is 82.0 cm³/mol. The number of hydrogen-bond donors (Lipinski definition) is 1. The van der Waals surface area contributed by atoms with Gasteiger partial charge in [-0.3, -0.25) is 9.59 Å². The number of benzene rings is 1. The summed E-state index contributed by atoms with van der Waals surface area (Å²) in [5.41, 5.74) is 1.28. The zero-order valence-corrected chi connectivity index (χ0v) is 13.8. The lowest BCUT2D eigenvalue weighted by Crippen LogP contribution is -2.37. The van der Waals surface area contributed by atoms with Gasteiger partial charge < -0.3 is 10.2 Å². The second kappa shape index (κ2) is 5.69. The van der Waals surface area contributed by atoms with Gasteiger partial charge in [-0.1, -0.05) is 0 Å². The highest BCUT2D eigenvalue weighted by molar-refractivity contribution is 7.89. The van der Waals surface area contributed by atoms with Gasteiger partial charge in [-0.05, 0) is 30.7 Å². The lowest BCUT2D eigenvalue weighted by Gasteiger charge is -2.19. The number of carbonyl (C=O) groups excluding carboxylic acids is 2. The molecule has 1 aromatic carbocycles. The van der Waals surface area contributed by atoms with Gasteiger partial charge in [0.1, 0.15) is 0 Å². The van der Waals surface area contributed by atoms with Gasteiger partial charge >= 0.3 is 0 Å². The fourth-order valence-corrected chi connectivity index (χ4v) is 3.31. The molecule has 1 aliphatic rings. The Labute approximate surface area is 129 Å². The maximum Gasteiger partial charge on any atom is 0.243 e. The van der Waals surface area contributed by atoms with Crippen molar-refractivity contribution in [1.82, 2.24) is 9.21 Å². The van der Waals surface area contributed by atoms with Crippen LogP contribution in [0.3, 0.4) is 0 Å². The van der Waals surface area contributed by atoms with E-state index in [0.717, 1.165) is 4.31 Å². The van der Waals surface area contributed by atoms with Crippen molar-refractivity contribution in [2.24, 2.45) is 0 Å². The van der Waals surface area contributed by atoms with Crippen LogP contribution in [0.1, 0.15) is 18.4 Å². The van der Waals surface area contributed by atoms with Crippen LogP contribution in [0.5, 0.6) is 0 Å². The van der Waals surface area contributed by atoms with Gasteiger partial charge in [-0.25, -0.2) is 8.42 Å². The number of nitrogens with one attached hydrogen (secondary N) is 1. The number of sulfonamides is 1. The monoisotopic (exact) mass is 325 g/mol. The third-order valence-electron chi connectivity index (χ3n) is 3.71. The van der Waals surface area contributed by atoms with E-state index in [1.807, 2.05) is 0 Å². The molecule has 0 aromatic heterocycles. The Bertz CT molecular complexity index is 728. The van der Waals surface area contributed by atoms with Gasteiger partial charge in [0.15, 0.2) is 0 Å². The van der Waals surface area contributed by atoms with Crippen LogP contribution in [-0.4, -0.2) is 57.1 Å². The van der Waals surface area contributed by atoms with Gasteiger partial charge in [-0.15, -0.1) is 0 Å². The highest BCUT2D eigenvalue weighted by Gasteiger charge is 2.30. The predicted octanol–water partition coefficient (Wildman–Crippen LogP) is 0.451. The van der Waals surface area contributed by atoms with Crippen LogP contribution in [0.25, 0.3) is 0 Å². The lowest BCUT2D eigenvalue weighted by molar-refractivity contribution is -0.128. The minimum absolute atomic E-state index is 0.0728. The van der Waals surface area contributed by atoms with Crippen LogP contribution >= 0.6 is 0 Å². The van der Waals surface area contributed by atoms with Crippen LogP contribution < -0.4 is 5.32 Å². The van der Waals surface area contributed by atoms with Gasteiger partial charge in [0, 0.05) is 26.8 Å². The summed E-state index contributed by atoms with van der Waals surface area (Å²) in [6.45, 7) is 1.48. The Morgan fingerprint density at radius 3 is 2.50 bits per heavy atom. The Balaban J connectivity index is 2.31. The summed E-state index contributed by atoms with van der Waals surface area (Å²) < 4.78 is 26.1. The molecule has 2 amide bonds. The third-order valence-corrected chi connectivity index (χ3v) is 5.50. The molecule has 7 nitrogen and oxygen atoms in total. The zero-order valence-electron chi connectivity index (χ0n) is 13.0. The number of hydrogen-bond acceptors (Lipinski definition) is 4. The molecule has 1 aromatic rings. The molecular formula is C14H19N3O4S. The Kier molecular flexibility index (Phi) is 4.25. The zero-order chi connectivity index (χ0) is 16.7. The fourth-order valence-electron chi connectivity index (χ4n) is 2.15. The highest BCUT2D eigenvalue weighted by atomic mass is 32.2. The molecule has 120 valence electrons. The summed E-state index contributed by atoms with van der Waals surface area (Å²) in [6, 6.07) is 4.50. The first-order valence-electron chi connectivity index (χ1n) is 6.76. The van der Waals surface area contributed by atoms with Crippen molar-refractivity contribution in [2.75, 3.05) is 33.0 Å². The molecule has 0 spiro atoms. The maximum absolute atomic E-state index is 12.5. The molecule has 0 bridgehead atoms. The van der Waals surface area contributed by atoms with Gasteiger partial charge in [0.25, 0.3) is 0 Å². The summed E-state index contributed by atoms with van der Waals surface area (Å²) in [5.74, 6) is -0.850. The first-order valence-corrected chi connectivity index (χ1v) is 8.20. The molecule has 0 saturated carbocycles. The molecule has 0 radical (unpaired) electrons. The van der Waals surface area contributed by atoms with Gasteiger partial charge in [0.2, 0.25) is 21.8 Å². The molecule has 0 aliphatic carbocycles. The second-order valence-electron chi connectivity index (χ2n) is 5.51. The summed E-state index contributed by atoms with van der Waals surface area (Å²) in [4.78, 5) is 24.7. The molecule has 1 N–H and O–H groups in total. The molecule has 1 atom stereocenters. The maximum atomic E-state index is 12.5.